The van der Waals surface area contributed by atoms with Gasteiger partial charge in [-0.1, -0.05) is 24.3 Å². The van der Waals surface area contributed by atoms with Crippen LogP contribution >= 0.6 is 0 Å². The number of hydrogen-bond acceptors (Lipinski definition) is 2. The first-order valence-corrected chi connectivity index (χ1v) is 5.57. The standard InChI is InChI=1S/C14H16N2/c1-3-16(13-9-5-4-6-10-13)14-11-7-8-12(2)15-14/h4-11H,3H2,1-2H3. The van der Waals surface area contributed by atoms with Crippen molar-refractivity contribution in [3.05, 3.63) is 54.2 Å². The molecule has 0 amide bonds. The highest BCUT2D eigenvalue weighted by molar-refractivity contribution is 5.59. The zero-order valence-electron chi connectivity index (χ0n) is 9.72. The topological polar surface area (TPSA) is 16.1 Å². The Kier molecular flexibility index (Phi) is 3.20. The fourth-order valence-electron chi connectivity index (χ4n) is 1.76. The largest absolute Gasteiger partial charge is 0.327 e. The Morgan fingerprint density at radius 2 is 1.75 bits per heavy atom. The van der Waals surface area contributed by atoms with Gasteiger partial charge in [0.25, 0.3) is 0 Å². The van der Waals surface area contributed by atoms with Gasteiger partial charge in [0.15, 0.2) is 0 Å². The molecule has 0 bridgehead atoms. The number of anilines is 2. The van der Waals surface area contributed by atoms with Crippen LogP contribution in [0.25, 0.3) is 0 Å². The van der Waals surface area contributed by atoms with Gasteiger partial charge in [0.2, 0.25) is 0 Å². The van der Waals surface area contributed by atoms with Gasteiger partial charge < -0.3 is 4.90 Å². The molecule has 0 aliphatic rings. The number of nitrogens with zero attached hydrogens (tertiary/aromatic N) is 2. The second kappa shape index (κ2) is 4.79. The first-order chi connectivity index (χ1) is 7.81. The van der Waals surface area contributed by atoms with E-state index < -0.39 is 0 Å². The molecule has 82 valence electrons. The van der Waals surface area contributed by atoms with Crippen molar-refractivity contribution in [3.63, 3.8) is 0 Å². The zero-order chi connectivity index (χ0) is 11.4. The number of para-hydroxylation sites is 1. The van der Waals surface area contributed by atoms with E-state index in [1.54, 1.807) is 0 Å². The summed E-state index contributed by atoms with van der Waals surface area (Å²) in [5.74, 6) is 1.01. The van der Waals surface area contributed by atoms with E-state index in [9.17, 15) is 0 Å². The van der Waals surface area contributed by atoms with Gasteiger partial charge in [0.05, 0.1) is 0 Å². The molecule has 0 radical (unpaired) electrons. The molecule has 0 saturated carbocycles. The predicted molar refractivity (Wildman–Crippen MR) is 68.1 cm³/mol. The summed E-state index contributed by atoms with van der Waals surface area (Å²) in [6.45, 7) is 5.07. The lowest BCUT2D eigenvalue weighted by atomic mass is 10.2. The van der Waals surface area contributed by atoms with Gasteiger partial charge in [0.1, 0.15) is 5.82 Å². The fourth-order valence-corrected chi connectivity index (χ4v) is 1.76. The van der Waals surface area contributed by atoms with Crippen LogP contribution in [0.4, 0.5) is 11.5 Å². The molecule has 1 aromatic heterocycles. The minimum absolute atomic E-state index is 0.917. The van der Waals surface area contributed by atoms with E-state index in [4.69, 9.17) is 0 Å². The van der Waals surface area contributed by atoms with Gasteiger partial charge in [-0.25, -0.2) is 4.98 Å². The van der Waals surface area contributed by atoms with Crippen molar-refractivity contribution < 1.29 is 0 Å². The lowest BCUT2D eigenvalue weighted by Crippen LogP contribution is -2.17. The molecule has 0 unspecified atom stereocenters. The third kappa shape index (κ3) is 2.22. The summed E-state index contributed by atoms with van der Waals surface area (Å²) >= 11 is 0. The van der Waals surface area contributed by atoms with E-state index in [2.05, 4.69) is 28.9 Å². The Bertz CT molecular complexity index is 451. The summed E-state index contributed by atoms with van der Waals surface area (Å²) in [6, 6.07) is 16.4. The van der Waals surface area contributed by atoms with Crippen molar-refractivity contribution in [2.24, 2.45) is 0 Å². The Balaban J connectivity index is 2.37. The number of aryl methyl sites for hydroxylation is 1. The van der Waals surface area contributed by atoms with Gasteiger partial charge in [-0.15, -0.1) is 0 Å². The van der Waals surface area contributed by atoms with Crippen LogP contribution in [0.5, 0.6) is 0 Å². The Labute approximate surface area is 96.6 Å². The lowest BCUT2D eigenvalue weighted by molar-refractivity contribution is 0.979. The maximum atomic E-state index is 4.55. The number of hydrogen-bond donors (Lipinski definition) is 0. The van der Waals surface area contributed by atoms with Crippen molar-refractivity contribution in [2.45, 2.75) is 13.8 Å². The van der Waals surface area contributed by atoms with Crippen LogP contribution < -0.4 is 4.90 Å². The highest BCUT2D eigenvalue weighted by atomic mass is 15.2. The van der Waals surface area contributed by atoms with Gasteiger partial charge in [-0.05, 0) is 38.1 Å². The molecule has 0 atom stereocenters. The molecule has 1 heterocycles. The molecule has 2 rings (SSSR count). The third-order valence-electron chi connectivity index (χ3n) is 2.53. The quantitative estimate of drug-likeness (QED) is 0.773. The minimum Gasteiger partial charge on any atom is -0.327 e. The molecule has 0 N–H and O–H groups in total. The first kappa shape index (κ1) is 10.7. The Morgan fingerprint density at radius 3 is 2.38 bits per heavy atom. The summed E-state index contributed by atoms with van der Waals surface area (Å²) in [6.07, 6.45) is 0. The normalized spacial score (nSPS) is 10.1. The van der Waals surface area contributed by atoms with Crippen molar-refractivity contribution in [1.82, 2.24) is 4.98 Å². The van der Waals surface area contributed by atoms with E-state index >= 15 is 0 Å². The Morgan fingerprint density at radius 1 is 1.00 bits per heavy atom. The van der Waals surface area contributed by atoms with E-state index in [0.29, 0.717) is 0 Å². The predicted octanol–water partition coefficient (Wildman–Crippen LogP) is 3.55. The summed E-state index contributed by atoms with van der Waals surface area (Å²) in [5.41, 5.74) is 2.23. The molecule has 0 fully saturated rings. The monoisotopic (exact) mass is 212 g/mol. The smallest absolute Gasteiger partial charge is 0.133 e. The van der Waals surface area contributed by atoms with Crippen molar-refractivity contribution >= 4 is 11.5 Å². The number of pyridine rings is 1. The highest BCUT2D eigenvalue weighted by Crippen LogP contribution is 2.22. The van der Waals surface area contributed by atoms with E-state index in [-0.39, 0.29) is 0 Å². The van der Waals surface area contributed by atoms with Crippen molar-refractivity contribution in [3.8, 4) is 0 Å². The fraction of sp³-hybridized carbons (Fsp3) is 0.214. The minimum atomic E-state index is 0.917. The highest BCUT2D eigenvalue weighted by Gasteiger charge is 2.07. The van der Waals surface area contributed by atoms with E-state index in [0.717, 1.165) is 18.1 Å². The van der Waals surface area contributed by atoms with Gasteiger partial charge in [-0.3, -0.25) is 0 Å². The number of benzene rings is 1. The summed E-state index contributed by atoms with van der Waals surface area (Å²) in [5, 5.41) is 0. The van der Waals surface area contributed by atoms with Crippen LogP contribution in [-0.2, 0) is 0 Å². The maximum absolute atomic E-state index is 4.55. The molecular weight excluding hydrogens is 196 g/mol. The van der Waals surface area contributed by atoms with Crippen molar-refractivity contribution in [2.75, 3.05) is 11.4 Å². The molecule has 0 aliphatic heterocycles. The average molecular weight is 212 g/mol. The van der Waals surface area contributed by atoms with E-state index in [1.807, 2.05) is 43.3 Å². The van der Waals surface area contributed by atoms with Gasteiger partial charge in [-0.2, -0.15) is 0 Å². The molecule has 0 saturated heterocycles. The lowest BCUT2D eigenvalue weighted by Gasteiger charge is -2.22. The van der Waals surface area contributed by atoms with Crippen LogP contribution in [-0.4, -0.2) is 11.5 Å². The molecule has 1 aromatic carbocycles. The average Bonchev–Trinajstić information content (AvgIpc) is 2.31. The van der Waals surface area contributed by atoms with Gasteiger partial charge >= 0.3 is 0 Å². The van der Waals surface area contributed by atoms with Crippen LogP contribution in [0.15, 0.2) is 48.5 Å². The maximum Gasteiger partial charge on any atom is 0.133 e. The molecule has 0 spiro atoms. The first-order valence-electron chi connectivity index (χ1n) is 5.57. The number of aromatic nitrogens is 1. The molecular formula is C14H16N2. The summed E-state index contributed by atoms with van der Waals surface area (Å²) in [4.78, 5) is 6.75. The van der Waals surface area contributed by atoms with Crippen LogP contribution in [0, 0.1) is 6.92 Å². The molecule has 0 aliphatic carbocycles. The molecule has 16 heavy (non-hydrogen) atoms. The van der Waals surface area contributed by atoms with Crippen LogP contribution in [0.2, 0.25) is 0 Å². The van der Waals surface area contributed by atoms with Gasteiger partial charge in [0, 0.05) is 17.9 Å². The third-order valence-corrected chi connectivity index (χ3v) is 2.53. The second-order valence-electron chi connectivity index (χ2n) is 3.72. The van der Waals surface area contributed by atoms with E-state index in [1.165, 1.54) is 5.69 Å². The molecule has 2 aromatic rings. The zero-order valence-corrected chi connectivity index (χ0v) is 9.72. The molecule has 2 nitrogen and oxygen atoms in total. The SMILES string of the molecule is CCN(c1ccccc1)c1cccc(C)n1. The molecule has 2 heteroatoms. The summed E-state index contributed by atoms with van der Waals surface area (Å²) < 4.78 is 0. The van der Waals surface area contributed by atoms with Crippen LogP contribution in [0.1, 0.15) is 12.6 Å². The summed E-state index contributed by atoms with van der Waals surface area (Å²) in [7, 11) is 0. The van der Waals surface area contributed by atoms with Crippen LogP contribution in [0.3, 0.4) is 0 Å². The number of rotatable bonds is 3. The second-order valence-corrected chi connectivity index (χ2v) is 3.72. The van der Waals surface area contributed by atoms with Crippen molar-refractivity contribution in [1.29, 1.82) is 0 Å². The Hall–Kier alpha value is -1.83.